The highest BCUT2D eigenvalue weighted by Gasteiger charge is 2.17. The molecule has 0 saturated heterocycles. The predicted molar refractivity (Wildman–Crippen MR) is 66.2 cm³/mol. The molecule has 0 bridgehead atoms. The Morgan fingerprint density at radius 2 is 2.20 bits per heavy atom. The van der Waals surface area contributed by atoms with Gasteiger partial charge in [0.1, 0.15) is 9.49 Å². The number of hydrogen-bond acceptors (Lipinski definition) is 2. The number of benzene rings is 1. The summed E-state index contributed by atoms with van der Waals surface area (Å²) in [5.74, 6) is 0.960. The van der Waals surface area contributed by atoms with Crippen LogP contribution in [0.4, 0.5) is 0 Å². The van der Waals surface area contributed by atoms with E-state index in [9.17, 15) is 4.79 Å². The summed E-state index contributed by atoms with van der Waals surface area (Å²) in [6.45, 7) is 0.778. The summed E-state index contributed by atoms with van der Waals surface area (Å²) in [7, 11) is 0. The van der Waals surface area contributed by atoms with Crippen LogP contribution < -0.4 is 4.74 Å². The second-order valence-electron chi connectivity index (χ2n) is 3.44. The number of Topliss-reactive ketones (excluding diaryl/α,β-unsaturated/α-hetero) is 1. The molecule has 2 nitrogen and oxygen atoms in total. The fraction of sp³-hybridized carbons (Fsp3) is 0.364. The number of alkyl halides is 2. The predicted octanol–water partition coefficient (Wildman–Crippen LogP) is 3.31. The van der Waals surface area contributed by atoms with E-state index in [1.165, 1.54) is 0 Å². The van der Waals surface area contributed by atoms with E-state index in [1.54, 1.807) is 0 Å². The fourth-order valence-electron chi connectivity index (χ4n) is 1.64. The van der Waals surface area contributed by atoms with E-state index in [-0.39, 0.29) is 9.52 Å². The van der Waals surface area contributed by atoms with Gasteiger partial charge in [0.15, 0.2) is 5.78 Å². The van der Waals surface area contributed by atoms with Crippen molar-refractivity contribution in [3.05, 3.63) is 29.3 Å². The van der Waals surface area contributed by atoms with E-state index in [0.29, 0.717) is 0 Å². The van der Waals surface area contributed by atoms with Gasteiger partial charge in [0.2, 0.25) is 0 Å². The maximum atomic E-state index is 11.7. The van der Waals surface area contributed by atoms with Crippen molar-refractivity contribution in [1.29, 1.82) is 0 Å². The van der Waals surface area contributed by atoms with Crippen LogP contribution in [0.15, 0.2) is 18.2 Å². The summed E-state index contributed by atoms with van der Waals surface area (Å²) in [6.07, 6.45) is 2.02. The maximum absolute atomic E-state index is 11.7. The van der Waals surface area contributed by atoms with Gasteiger partial charge in [-0.25, -0.2) is 0 Å². The molecule has 0 N–H and O–H groups in total. The summed E-state index contributed by atoms with van der Waals surface area (Å²) in [6, 6.07) is 5.61. The SMILES string of the molecule is O=C(c1ccc2c(c1)CCCO2)C(Br)Br. The van der Waals surface area contributed by atoms with Crippen LogP contribution in [0, 0.1) is 0 Å². The number of hydrogen-bond donors (Lipinski definition) is 0. The molecule has 1 aliphatic rings. The van der Waals surface area contributed by atoms with Crippen molar-refractivity contribution in [3.63, 3.8) is 0 Å². The number of ketones is 1. The largest absolute Gasteiger partial charge is 0.493 e. The number of carbonyl (C=O) groups is 1. The maximum Gasteiger partial charge on any atom is 0.187 e. The van der Waals surface area contributed by atoms with Gasteiger partial charge in [-0.1, -0.05) is 31.9 Å². The Morgan fingerprint density at radius 1 is 1.40 bits per heavy atom. The first-order valence-electron chi connectivity index (χ1n) is 4.76. The van der Waals surface area contributed by atoms with Crippen LogP contribution in [0.5, 0.6) is 5.75 Å². The molecule has 0 atom stereocenters. The number of aryl methyl sites for hydroxylation is 1. The van der Waals surface area contributed by atoms with Gasteiger partial charge in [-0.15, -0.1) is 0 Å². The summed E-state index contributed by atoms with van der Waals surface area (Å²) in [5.41, 5.74) is 1.85. The zero-order chi connectivity index (χ0) is 10.8. The molecule has 1 aromatic carbocycles. The number of rotatable bonds is 2. The van der Waals surface area contributed by atoms with Gasteiger partial charge in [-0.3, -0.25) is 4.79 Å². The van der Waals surface area contributed by atoms with Crippen LogP contribution in [-0.2, 0) is 6.42 Å². The van der Waals surface area contributed by atoms with E-state index in [1.807, 2.05) is 18.2 Å². The van der Waals surface area contributed by atoms with Gasteiger partial charge in [0.05, 0.1) is 6.61 Å². The number of halogens is 2. The first-order chi connectivity index (χ1) is 7.18. The van der Waals surface area contributed by atoms with Gasteiger partial charge in [0, 0.05) is 5.56 Å². The molecule has 2 rings (SSSR count). The molecule has 1 aromatic rings. The molecule has 80 valence electrons. The molecular formula is C11H10Br2O2. The molecule has 0 amide bonds. The van der Waals surface area contributed by atoms with Crippen LogP contribution in [0.2, 0.25) is 0 Å². The van der Waals surface area contributed by atoms with E-state index in [2.05, 4.69) is 31.9 Å². The Balaban J connectivity index is 2.32. The highest BCUT2D eigenvalue weighted by molar-refractivity contribution is 9.25. The monoisotopic (exact) mass is 332 g/mol. The standard InChI is InChI=1S/C11H10Br2O2/c12-11(13)10(14)8-3-4-9-7(6-8)2-1-5-15-9/h3-4,6,11H,1-2,5H2. The molecule has 0 radical (unpaired) electrons. The molecule has 0 fully saturated rings. The Kier molecular flexibility index (Phi) is 3.46. The van der Waals surface area contributed by atoms with Crippen molar-refractivity contribution in [2.24, 2.45) is 0 Å². The molecule has 1 aliphatic heterocycles. The van der Waals surface area contributed by atoms with Gasteiger partial charge in [-0.2, -0.15) is 0 Å². The third-order valence-electron chi connectivity index (χ3n) is 2.39. The van der Waals surface area contributed by atoms with Crippen molar-refractivity contribution in [2.75, 3.05) is 6.61 Å². The van der Waals surface area contributed by atoms with E-state index < -0.39 is 0 Å². The van der Waals surface area contributed by atoms with Gasteiger partial charge >= 0.3 is 0 Å². The van der Waals surface area contributed by atoms with Crippen LogP contribution in [0.3, 0.4) is 0 Å². The third-order valence-corrected chi connectivity index (χ3v) is 3.22. The molecule has 0 aliphatic carbocycles. The number of ether oxygens (including phenoxy) is 1. The lowest BCUT2D eigenvalue weighted by atomic mass is 10.0. The lowest BCUT2D eigenvalue weighted by Gasteiger charge is -2.17. The van der Waals surface area contributed by atoms with Crippen LogP contribution in [0.25, 0.3) is 0 Å². The topological polar surface area (TPSA) is 26.3 Å². The zero-order valence-corrected chi connectivity index (χ0v) is 11.2. The normalized spacial score (nSPS) is 14.6. The van der Waals surface area contributed by atoms with Crippen molar-refractivity contribution in [3.8, 4) is 5.75 Å². The average Bonchev–Trinajstić information content (AvgIpc) is 2.27. The Hall–Kier alpha value is -0.350. The van der Waals surface area contributed by atoms with Crippen LogP contribution in [0.1, 0.15) is 22.3 Å². The number of fused-ring (bicyclic) bond motifs is 1. The molecule has 0 spiro atoms. The molecule has 15 heavy (non-hydrogen) atoms. The van der Waals surface area contributed by atoms with Crippen LogP contribution >= 0.6 is 31.9 Å². The first kappa shape index (κ1) is 11.1. The smallest absolute Gasteiger partial charge is 0.187 e. The molecular weight excluding hydrogens is 324 g/mol. The summed E-state index contributed by atoms with van der Waals surface area (Å²) < 4.78 is 5.17. The molecule has 4 heteroatoms. The van der Waals surface area contributed by atoms with Gasteiger partial charge in [0.25, 0.3) is 0 Å². The van der Waals surface area contributed by atoms with Crippen molar-refractivity contribution >= 4 is 37.6 Å². The molecule has 1 heterocycles. The highest BCUT2D eigenvalue weighted by atomic mass is 79.9. The van der Waals surface area contributed by atoms with Crippen molar-refractivity contribution < 1.29 is 9.53 Å². The van der Waals surface area contributed by atoms with E-state index in [0.717, 1.165) is 36.3 Å². The number of carbonyl (C=O) groups excluding carboxylic acids is 1. The summed E-state index contributed by atoms with van der Waals surface area (Å²) in [5, 5.41) is 0. The quantitative estimate of drug-likeness (QED) is 0.613. The van der Waals surface area contributed by atoms with Crippen molar-refractivity contribution in [2.45, 2.75) is 16.6 Å². The summed E-state index contributed by atoms with van der Waals surface area (Å²) in [4.78, 5) is 11.7. The average molecular weight is 334 g/mol. The third kappa shape index (κ3) is 2.42. The Morgan fingerprint density at radius 3 is 2.93 bits per heavy atom. The summed E-state index contributed by atoms with van der Waals surface area (Å²) >= 11 is 6.42. The zero-order valence-electron chi connectivity index (χ0n) is 8.00. The molecule has 0 saturated carbocycles. The highest BCUT2D eigenvalue weighted by Crippen LogP contribution is 2.27. The van der Waals surface area contributed by atoms with Crippen LogP contribution in [-0.4, -0.2) is 16.1 Å². The lowest BCUT2D eigenvalue weighted by Crippen LogP contribution is -2.11. The second-order valence-corrected chi connectivity index (χ2v) is 6.50. The molecule has 0 aromatic heterocycles. The van der Waals surface area contributed by atoms with Crippen molar-refractivity contribution in [1.82, 2.24) is 0 Å². The fourth-order valence-corrected chi connectivity index (χ4v) is 2.17. The first-order valence-corrected chi connectivity index (χ1v) is 6.59. The second kappa shape index (κ2) is 4.66. The minimum atomic E-state index is -0.312. The minimum absolute atomic E-state index is 0.0448. The van der Waals surface area contributed by atoms with Gasteiger partial charge in [-0.05, 0) is 36.6 Å². The lowest BCUT2D eigenvalue weighted by molar-refractivity contribution is 0.101. The Bertz CT molecular complexity index is 388. The molecule has 0 unspecified atom stereocenters. The minimum Gasteiger partial charge on any atom is -0.493 e. The van der Waals surface area contributed by atoms with E-state index in [4.69, 9.17) is 4.74 Å². The van der Waals surface area contributed by atoms with E-state index >= 15 is 0 Å². The Labute approximate surface area is 105 Å². The van der Waals surface area contributed by atoms with Gasteiger partial charge < -0.3 is 4.74 Å².